The van der Waals surface area contributed by atoms with Gasteiger partial charge in [0.05, 0.1) is 21.6 Å². The van der Waals surface area contributed by atoms with Gasteiger partial charge < -0.3 is 10.6 Å². The van der Waals surface area contributed by atoms with Crippen LogP contribution in [0.2, 0.25) is 0 Å². The lowest BCUT2D eigenvalue weighted by atomic mass is 10.1. The summed E-state index contributed by atoms with van der Waals surface area (Å²) in [5, 5.41) is 0. The van der Waals surface area contributed by atoms with Gasteiger partial charge in [0.1, 0.15) is 5.52 Å². The number of nitrogens with two attached hydrogens (primary N) is 1. The first kappa shape index (κ1) is 13.9. The van der Waals surface area contributed by atoms with Crippen LogP contribution >= 0.6 is 11.3 Å². The summed E-state index contributed by atoms with van der Waals surface area (Å²) in [6, 6.07) is 12.9. The molecule has 0 saturated heterocycles. The van der Waals surface area contributed by atoms with Crippen molar-refractivity contribution < 1.29 is 0 Å². The second-order valence-corrected chi connectivity index (χ2v) is 6.11. The Labute approximate surface area is 129 Å². The van der Waals surface area contributed by atoms with Gasteiger partial charge in [-0.05, 0) is 29.7 Å². The molecule has 108 valence electrons. The number of anilines is 2. The SMILES string of the molecule is CCc1ccc(CN(C)c2ccc3scnc3c2N)cc1. The van der Waals surface area contributed by atoms with Crippen molar-refractivity contribution in [1.29, 1.82) is 0 Å². The Morgan fingerprint density at radius 2 is 1.81 bits per heavy atom. The molecule has 0 amide bonds. The normalized spacial score (nSPS) is 11.0. The molecule has 0 bridgehead atoms. The fraction of sp³-hybridized carbons (Fsp3) is 0.235. The molecule has 3 aromatic rings. The second kappa shape index (κ2) is 5.74. The zero-order valence-electron chi connectivity index (χ0n) is 12.3. The van der Waals surface area contributed by atoms with Gasteiger partial charge in [-0.3, -0.25) is 0 Å². The van der Waals surface area contributed by atoms with Crippen LogP contribution in [-0.4, -0.2) is 12.0 Å². The molecule has 3 rings (SSSR count). The van der Waals surface area contributed by atoms with E-state index in [1.165, 1.54) is 11.1 Å². The maximum absolute atomic E-state index is 6.27. The van der Waals surface area contributed by atoms with Crippen LogP contribution < -0.4 is 10.6 Å². The highest BCUT2D eigenvalue weighted by Gasteiger charge is 2.11. The Hall–Kier alpha value is -2.07. The van der Waals surface area contributed by atoms with Crippen molar-refractivity contribution in [2.75, 3.05) is 17.7 Å². The van der Waals surface area contributed by atoms with Gasteiger partial charge in [-0.15, -0.1) is 11.3 Å². The van der Waals surface area contributed by atoms with Gasteiger partial charge in [0.2, 0.25) is 0 Å². The molecule has 0 spiro atoms. The molecule has 0 radical (unpaired) electrons. The van der Waals surface area contributed by atoms with E-state index < -0.39 is 0 Å². The molecule has 0 aliphatic rings. The Balaban J connectivity index is 1.85. The number of hydrogen-bond donors (Lipinski definition) is 1. The van der Waals surface area contributed by atoms with Crippen LogP contribution in [0.1, 0.15) is 18.1 Å². The van der Waals surface area contributed by atoms with Crippen LogP contribution in [0.15, 0.2) is 41.9 Å². The fourth-order valence-electron chi connectivity index (χ4n) is 2.51. The van der Waals surface area contributed by atoms with Gasteiger partial charge in [-0.25, -0.2) is 4.98 Å². The van der Waals surface area contributed by atoms with E-state index in [1.807, 2.05) is 5.51 Å². The maximum atomic E-state index is 6.27. The third kappa shape index (κ3) is 2.72. The van der Waals surface area contributed by atoms with Crippen LogP contribution in [0.5, 0.6) is 0 Å². The number of hydrogen-bond acceptors (Lipinski definition) is 4. The maximum Gasteiger partial charge on any atom is 0.106 e. The summed E-state index contributed by atoms with van der Waals surface area (Å²) < 4.78 is 1.14. The van der Waals surface area contributed by atoms with Gasteiger partial charge >= 0.3 is 0 Å². The molecule has 0 saturated carbocycles. The second-order valence-electron chi connectivity index (χ2n) is 5.22. The number of aryl methyl sites for hydroxylation is 1. The third-order valence-corrected chi connectivity index (χ3v) is 4.57. The van der Waals surface area contributed by atoms with Crippen molar-refractivity contribution in [3.63, 3.8) is 0 Å². The number of benzene rings is 2. The largest absolute Gasteiger partial charge is 0.395 e. The number of nitrogens with zero attached hydrogens (tertiary/aromatic N) is 2. The third-order valence-electron chi connectivity index (χ3n) is 3.78. The monoisotopic (exact) mass is 297 g/mol. The highest BCUT2D eigenvalue weighted by Crippen LogP contribution is 2.32. The minimum atomic E-state index is 0.765. The molecule has 0 fully saturated rings. The van der Waals surface area contributed by atoms with Crippen LogP contribution in [0, 0.1) is 0 Å². The Bertz CT molecular complexity index is 746. The molecule has 0 aliphatic carbocycles. The highest BCUT2D eigenvalue weighted by molar-refractivity contribution is 7.16. The van der Waals surface area contributed by atoms with E-state index in [0.717, 1.165) is 34.6 Å². The van der Waals surface area contributed by atoms with E-state index in [9.17, 15) is 0 Å². The first-order valence-electron chi connectivity index (χ1n) is 7.09. The van der Waals surface area contributed by atoms with Crippen molar-refractivity contribution in [3.8, 4) is 0 Å². The van der Waals surface area contributed by atoms with Crippen LogP contribution in [0.4, 0.5) is 11.4 Å². The van der Waals surface area contributed by atoms with Crippen LogP contribution in [0.3, 0.4) is 0 Å². The van der Waals surface area contributed by atoms with E-state index in [0.29, 0.717) is 0 Å². The molecule has 2 N–H and O–H groups in total. The average molecular weight is 297 g/mol. The number of thiazole rings is 1. The summed E-state index contributed by atoms with van der Waals surface area (Å²) in [5.41, 5.74) is 13.5. The number of fused-ring (bicyclic) bond motifs is 1. The smallest absolute Gasteiger partial charge is 0.106 e. The quantitative estimate of drug-likeness (QED) is 0.738. The number of nitrogen functional groups attached to an aromatic ring is 1. The van der Waals surface area contributed by atoms with E-state index in [4.69, 9.17) is 5.73 Å². The molecule has 1 aromatic heterocycles. The standard InChI is InChI=1S/C17H19N3S/c1-3-12-4-6-13(7-5-12)10-20(2)14-8-9-15-17(16(14)18)19-11-21-15/h4-9,11H,3,10,18H2,1-2H3. The minimum absolute atomic E-state index is 0.765. The molecule has 2 aromatic carbocycles. The van der Waals surface area contributed by atoms with Crippen LogP contribution in [-0.2, 0) is 13.0 Å². The number of rotatable bonds is 4. The van der Waals surface area contributed by atoms with Crippen molar-refractivity contribution in [3.05, 3.63) is 53.0 Å². The molecule has 3 nitrogen and oxygen atoms in total. The van der Waals surface area contributed by atoms with E-state index in [2.05, 4.69) is 60.3 Å². The number of aromatic nitrogens is 1. The summed E-state index contributed by atoms with van der Waals surface area (Å²) in [6.45, 7) is 3.01. The minimum Gasteiger partial charge on any atom is -0.395 e. The van der Waals surface area contributed by atoms with Crippen LogP contribution in [0.25, 0.3) is 10.2 Å². The van der Waals surface area contributed by atoms with Gasteiger partial charge in [0.15, 0.2) is 0 Å². The predicted molar refractivity (Wildman–Crippen MR) is 92.0 cm³/mol. The van der Waals surface area contributed by atoms with E-state index in [-0.39, 0.29) is 0 Å². The molecule has 21 heavy (non-hydrogen) atoms. The molecule has 0 unspecified atom stereocenters. The lowest BCUT2D eigenvalue weighted by Gasteiger charge is -2.21. The molecular weight excluding hydrogens is 278 g/mol. The van der Waals surface area contributed by atoms with Gasteiger partial charge in [-0.1, -0.05) is 31.2 Å². The average Bonchev–Trinajstić information content (AvgIpc) is 2.98. The van der Waals surface area contributed by atoms with Crippen molar-refractivity contribution >= 4 is 32.9 Å². The molecule has 4 heteroatoms. The topological polar surface area (TPSA) is 42.2 Å². The predicted octanol–water partition coefficient (Wildman–Crippen LogP) is 4.08. The molecule has 0 atom stereocenters. The molecule has 0 aliphatic heterocycles. The first-order chi connectivity index (χ1) is 10.2. The zero-order chi connectivity index (χ0) is 14.8. The van der Waals surface area contributed by atoms with E-state index in [1.54, 1.807) is 11.3 Å². The van der Waals surface area contributed by atoms with Gasteiger partial charge in [0.25, 0.3) is 0 Å². The van der Waals surface area contributed by atoms with Crippen molar-refractivity contribution in [1.82, 2.24) is 4.98 Å². The zero-order valence-corrected chi connectivity index (χ0v) is 13.2. The molecular formula is C17H19N3S. The summed E-state index contributed by atoms with van der Waals surface area (Å²) >= 11 is 1.62. The first-order valence-corrected chi connectivity index (χ1v) is 7.97. The van der Waals surface area contributed by atoms with Crippen molar-refractivity contribution in [2.24, 2.45) is 0 Å². The van der Waals surface area contributed by atoms with E-state index >= 15 is 0 Å². The lowest BCUT2D eigenvalue weighted by Crippen LogP contribution is -2.17. The lowest BCUT2D eigenvalue weighted by molar-refractivity contribution is 0.923. The Morgan fingerprint density at radius 1 is 1.10 bits per heavy atom. The Kier molecular flexibility index (Phi) is 3.80. The van der Waals surface area contributed by atoms with Gasteiger partial charge in [0, 0.05) is 13.6 Å². The molecule has 1 heterocycles. The Morgan fingerprint density at radius 3 is 2.52 bits per heavy atom. The summed E-state index contributed by atoms with van der Waals surface area (Å²) in [7, 11) is 2.07. The summed E-state index contributed by atoms with van der Waals surface area (Å²) in [5.74, 6) is 0. The fourth-order valence-corrected chi connectivity index (χ4v) is 3.21. The summed E-state index contributed by atoms with van der Waals surface area (Å²) in [4.78, 5) is 6.53. The summed E-state index contributed by atoms with van der Waals surface area (Å²) in [6.07, 6.45) is 1.07. The van der Waals surface area contributed by atoms with Crippen molar-refractivity contribution in [2.45, 2.75) is 19.9 Å². The highest BCUT2D eigenvalue weighted by atomic mass is 32.1. The van der Waals surface area contributed by atoms with Gasteiger partial charge in [-0.2, -0.15) is 0 Å².